The van der Waals surface area contributed by atoms with E-state index in [9.17, 15) is 4.79 Å². The molecule has 0 saturated heterocycles. The van der Waals surface area contributed by atoms with Gasteiger partial charge < -0.3 is 15.1 Å². The molecular weight excluding hydrogens is 242 g/mol. The molecular formula is C14H17N3O2. The van der Waals surface area contributed by atoms with Gasteiger partial charge >= 0.3 is 0 Å². The van der Waals surface area contributed by atoms with Gasteiger partial charge in [-0.15, -0.1) is 0 Å². The summed E-state index contributed by atoms with van der Waals surface area (Å²) >= 11 is 0. The van der Waals surface area contributed by atoms with Crippen LogP contribution in [0, 0.1) is 0 Å². The highest BCUT2D eigenvalue weighted by atomic mass is 16.3. The SMILES string of the molecule is CCCNc1cc(C(=O)NCc2ccoc2)ccn1. The van der Waals surface area contributed by atoms with E-state index in [1.54, 1.807) is 30.9 Å². The quantitative estimate of drug-likeness (QED) is 0.836. The number of amides is 1. The van der Waals surface area contributed by atoms with Crippen LogP contribution in [0.2, 0.25) is 0 Å². The highest BCUT2D eigenvalue weighted by Gasteiger charge is 2.06. The summed E-state index contributed by atoms with van der Waals surface area (Å²) < 4.78 is 4.94. The third-order valence-electron chi connectivity index (χ3n) is 2.61. The molecule has 0 spiro atoms. The summed E-state index contributed by atoms with van der Waals surface area (Å²) in [5, 5.41) is 5.98. The highest BCUT2D eigenvalue weighted by molar-refractivity contribution is 5.94. The van der Waals surface area contributed by atoms with E-state index in [0.29, 0.717) is 12.1 Å². The minimum atomic E-state index is -0.122. The van der Waals surface area contributed by atoms with Gasteiger partial charge in [0.25, 0.3) is 5.91 Å². The van der Waals surface area contributed by atoms with Crippen LogP contribution in [-0.2, 0) is 6.54 Å². The Bertz CT molecular complexity index is 523. The molecule has 0 aliphatic heterocycles. The number of hydrogen-bond donors (Lipinski definition) is 2. The van der Waals surface area contributed by atoms with E-state index < -0.39 is 0 Å². The third kappa shape index (κ3) is 3.84. The first-order valence-corrected chi connectivity index (χ1v) is 6.29. The van der Waals surface area contributed by atoms with Crippen LogP contribution >= 0.6 is 0 Å². The number of anilines is 1. The van der Waals surface area contributed by atoms with Crippen molar-refractivity contribution in [1.82, 2.24) is 10.3 Å². The molecule has 0 aromatic carbocycles. The molecule has 0 aliphatic carbocycles. The van der Waals surface area contributed by atoms with E-state index in [1.165, 1.54) is 0 Å². The summed E-state index contributed by atoms with van der Waals surface area (Å²) in [5.74, 6) is 0.598. The number of carbonyl (C=O) groups excluding carboxylic acids is 1. The van der Waals surface area contributed by atoms with Crippen LogP contribution in [0.25, 0.3) is 0 Å². The van der Waals surface area contributed by atoms with E-state index in [1.807, 2.05) is 6.07 Å². The van der Waals surface area contributed by atoms with Gasteiger partial charge in [-0.3, -0.25) is 4.79 Å². The smallest absolute Gasteiger partial charge is 0.251 e. The third-order valence-corrected chi connectivity index (χ3v) is 2.61. The summed E-state index contributed by atoms with van der Waals surface area (Å²) in [6, 6.07) is 5.27. The maximum Gasteiger partial charge on any atom is 0.251 e. The van der Waals surface area contributed by atoms with Crippen molar-refractivity contribution in [3.05, 3.63) is 48.0 Å². The fourth-order valence-electron chi connectivity index (χ4n) is 1.60. The van der Waals surface area contributed by atoms with E-state index in [-0.39, 0.29) is 5.91 Å². The zero-order valence-electron chi connectivity index (χ0n) is 10.8. The summed E-state index contributed by atoms with van der Waals surface area (Å²) in [7, 11) is 0. The van der Waals surface area contributed by atoms with Gasteiger partial charge in [-0.05, 0) is 24.6 Å². The first-order valence-electron chi connectivity index (χ1n) is 6.29. The molecule has 2 aromatic heterocycles. The molecule has 100 valence electrons. The Balaban J connectivity index is 1.94. The first kappa shape index (κ1) is 13.1. The average molecular weight is 259 g/mol. The molecule has 0 radical (unpaired) electrons. The Kier molecular flexibility index (Phi) is 4.55. The van der Waals surface area contributed by atoms with E-state index in [4.69, 9.17) is 4.42 Å². The Hall–Kier alpha value is -2.30. The summed E-state index contributed by atoms with van der Waals surface area (Å²) in [6.07, 6.45) is 5.84. The topological polar surface area (TPSA) is 67.2 Å². The summed E-state index contributed by atoms with van der Waals surface area (Å²) in [4.78, 5) is 16.1. The van der Waals surface area contributed by atoms with Gasteiger partial charge in [0.15, 0.2) is 0 Å². The lowest BCUT2D eigenvalue weighted by molar-refractivity contribution is 0.0951. The lowest BCUT2D eigenvalue weighted by atomic mass is 10.2. The molecule has 5 heteroatoms. The number of carbonyl (C=O) groups is 1. The van der Waals surface area contributed by atoms with Crippen LogP contribution in [0.5, 0.6) is 0 Å². The van der Waals surface area contributed by atoms with Crippen molar-refractivity contribution < 1.29 is 9.21 Å². The van der Waals surface area contributed by atoms with Gasteiger partial charge in [-0.1, -0.05) is 6.92 Å². The van der Waals surface area contributed by atoms with Crippen LogP contribution in [0.1, 0.15) is 29.3 Å². The molecule has 0 atom stereocenters. The van der Waals surface area contributed by atoms with Crippen LogP contribution in [0.15, 0.2) is 41.3 Å². The Morgan fingerprint density at radius 2 is 2.32 bits per heavy atom. The number of rotatable bonds is 6. The van der Waals surface area contributed by atoms with Crippen molar-refractivity contribution >= 4 is 11.7 Å². The second-order valence-corrected chi connectivity index (χ2v) is 4.17. The monoisotopic (exact) mass is 259 g/mol. The Morgan fingerprint density at radius 1 is 1.42 bits per heavy atom. The lowest BCUT2D eigenvalue weighted by Gasteiger charge is -2.07. The molecule has 0 aliphatic rings. The number of furan rings is 1. The predicted octanol–water partition coefficient (Wildman–Crippen LogP) is 2.43. The fraction of sp³-hybridized carbons (Fsp3) is 0.286. The molecule has 5 nitrogen and oxygen atoms in total. The van der Waals surface area contributed by atoms with Crippen LogP contribution in [0.3, 0.4) is 0 Å². The molecule has 0 unspecified atom stereocenters. The van der Waals surface area contributed by atoms with Gasteiger partial charge in [-0.25, -0.2) is 4.98 Å². The number of nitrogens with zero attached hydrogens (tertiary/aromatic N) is 1. The number of pyridine rings is 1. The second kappa shape index (κ2) is 6.58. The van der Waals surface area contributed by atoms with Crippen LogP contribution in [0.4, 0.5) is 5.82 Å². The maximum absolute atomic E-state index is 12.0. The zero-order chi connectivity index (χ0) is 13.5. The van der Waals surface area contributed by atoms with Gasteiger partial charge in [0.2, 0.25) is 0 Å². The Labute approximate surface area is 112 Å². The largest absolute Gasteiger partial charge is 0.472 e. The van der Waals surface area contributed by atoms with Crippen molar-refractivity contribution in [2.75, 3.05) is 11.9 Å². The van der Waals surface area contributed by atoms with E-state index in [0.717, 1.165) is 24.3 Å². The lowest BCUT2D eigenvalue weighted by Crippen LogP contribution is -2.22. The molecule has 0 saturated carbocycles. The normalized spacial score (nSPS) is 10.2. The Morgan fingerprint density at radius 3 is 3.05 bits per heavy atom. The van der Waals surface area contributed by atoms with Gasteiger partial charge in [-0.2, -0.15) is 0 Å². The van der Waals surface area contributed by atoms with Crippen molar-refractivity contribution in [2.24, 2.45) is 0 Å². The van der Waals surface area contributed by atoms with E-state index in [2.05, 4.69) is 22.5 Å². The molecule has 2 heterocycles. The number of aromatic nitrogens is 1. The van der Waals surface area contributed by atoms with Crippen molar-refractivity contribution in [2.45, 2.75) is 19.9 Å². The minimum Gasteiger partial charge on any atom is -0.472 e. The van der Waals surface area contributed by atoms with Crippen molar-refractivity contribution in [3.63, 3.8) is 0 Å². The molecule has 0 bridgehead atoms. The molecule has 2 aromatic rings. The first-order chi connectivity index (χ1) is 9.29. The maximum atomic E-state index is 12.0. The average Bonchev–Trinajstić information content (AvgIpc) is 2.96. The van der Waals surface area contributed by atoms with Gasteiger partial charge in [0.05, 0.1) is 12.5 Å². The van der Waals surface area contributed by atoms with Gasteiger partial charge in [0.1, 0.15) is 5.82 Å². The minimum absolute atomic E-state index is 0.122. The highest BCUT2D eigenvalue weighted by Crippen LogP contribution is 2.07. The fourth-order valence-corrected chi connectivity index (χ4v) is 1.60. The van der Waals surface area contributed by atoms with Gasteiger partial charge in [0, 0.05) is 30.4 Å². The second-order valence-electron chi connectivity index (χ2n) is 4.17. The van der Waals surface area contributed by atoms with E-state index >= 15 is 0 Å². The molecule has 19 heavy (non-hydrogen) atoms. The molecule has 1 amide bonds. The molecule has 2 rings (SSSR count). The molecule has 2 N–H and O–H groups in total. The zero-order valence-corrected chi connectivity index (χ0v) is 10.8. The summed E-state index contributed by atoms with van der Waals surface area (Å²) in [5.41, 5.74) is 1.53. The molecule has 0 fully saturated rings. The van der Waals surface area contributed by atoms with Crippen LogP contribution < -0.4 is 10.6 Å². The standard InChI is InChI=1S/C14H17N3O2/c1-2-5-15-13-8-12(3-6-16-13)14(18)17-9-11-4-7-19-10-11/h3-4,6-8,10H,2,5,9H2,1H3,(H,15,16)(H,17,18). The van der Waals surface area contributed by atoms with Crippen molar-refractivity contribution in [1.29, 1.82) is 0 Å². The summed E-state index contributed by atoms with van der Waals surface area (Å²) in [6.45, 7) is 3.37. The van der Waals surface area contributed by atoms with Crippen molar-refractivity contribution in [3.8, 4) is 0 Å². The van der Waals surface area contributed by atoms with Crippen LogP contribution in [-0.4, -0.2) is 17.4 Å². The predicted molar refractivity (Wildman–Crippen MR) is 72.9 cm³/mol. The number of nitrogens with one attached hydrogen (secondary N) is 2. The number of hydrogen-bond acceptors (Lipinski definition) is 4.